The van der Waals surface area contributed by atoms with E-state index in [2.05, 4.69) is 0 Å². The van der Waals surface area contributed by atoms with Crippen LogP contribution < -0.4 is 9.47 Å². The van der Waals surface area contributed by atoms with Crippen molar-refractivity contribution in [2.24, 2.45) is 0 Å². The molecule has 1 fully saturated rings. The molecule has 0 aromatic heterocycles. The summed E-state index contributed by atoms with van der Waals surface area (Å²) in [5.74, 6) is 0.645. The Hall–Kier alpha value is -2.70. The third kappa shape index (κ3) is 5.68. The van der Waals surface area contributed by atoms with Gasteiger partial charge in [-0.25, -0.2) is 0 Å². The van der Waals surface area contributed by atoms with Gasteiger partial charge >= 0.3 is 6.18 Å². The van der Waals surface area contributed by atoms with Gasteiger partial charge in [0.05, 0.1) is 7.11 Å². The van der Waals surface area contributed by atoms with Crippen LogP contribution in [0.3, 0.4) is 0 Å². The Kier molecular flexibility index (Phi) is 7.24. The predicted molar refractivity (Wildman–Crippen MR) is 107 cm³/mol. The number of amides is 1. The van der Waals surface area contributed by atoms with Gasteiger partial charge in [-0.05, 0) is 48.9 Å². The molecule has 1 heterocycles. The zero-order valence-electron chi connectivity index (χ0n) is 17.0. The van der Waals surface area contributed by atoms with Gasteiger partial charge in [-0.1, -0.05) is 36.4 Å². The number of piperidine rings is 1. The van der Waals surface area contributed by atoms with Crippen molar-refractivity contribution in [3.63, 3.8) is 0 Å². The van der Waals surface area contributed by atoms with Crippen LogP contribution in [0.4, 0.5) is 13.2 Å². The first-order valence-corrected chi connectivity index (χ1v) is 10.1. The molecule has 0 radical (unpaired) electrons. The Morgan fingerprint density at radius 3 is 2.53 bits per heavy atom. The van der Waals surface area contributed by atoms with Crippen LogP contribution in [0.2, 0.25) is 0 Å². The maximum absolute atomic E-state index is 13.3. The summed E-state index contributed by atoms with van der Waals surface area (Å²) in [6.07, 6.45) is -2.93. The Bertz CT molecular complexity index is 839. The summed E-state index contributed by atoms with van der Waals surface area (Å²) in [5.41, 5.74) is 1.82. The third-order valence-electron chi connectivity index (χ3n) is 5.29. The van der Waals surface area contributed by atoms with Crippen molar-refractivity contribution in [3.05, 3.63) is 59.7 Å². The SMILES string of the molecule is COc1ccc(CCC(=O)N2CCCCC2C(F)(F)F)cc1OCc1ccccc1. The lowest BCUT2D eigenvalue weighted by molar-refractivity contribution is -0.195. The molecule has 1 amide bonds. The molecule has 1 aliphatic heterocycles. The van der Waals surface area contributed by atoms with Gasteiger partial charge in [0.2, 0.25) is 5.91 Å². The molecule has 7 heteroatoms. The lowest BCUT2D eigenvalue weighted by atomic mass is 10.00. The van der Waals surface area contributed by atoms with Gasteiger partial charge in [-0.3, -0.25) is 4.79 Å². The van der Waals surface area contributed by atoms with Crippen LogP contribution in [0.15, 0.2) is 48.5 Å². The first kappa shape index (κ1) is 22.0. The van der Waals surface area contributed by atoms with E-state index in [4.69, 9.17) is 9.47 Å². The van der Waals surface area contributed by atoms with Crippen molar-refractivity contribution in [2.75, 3.05) is 13.7 Å². The summed E-state index contributed by atoms with van der Waals surface area (Å²) in [6.45, 7) is 0.525. The van der Waals surface area contributed by atoms with Crippen LogP contribution in [0.5, 0.6) is 11.5 Å². The zero-order chi connectivity index (χ0) is 21.6. The summed E-state index contributed by atoms with van der Waals surface area (Å²) in [7, 11) is 1.54. The quantitative estimate of drug-likeness (QED) is 0.621. The average molecular weight is 421 g/mol. The fraction of sp³-hybridized carbons (Fsp3) is 0.435. The second kappa shape index (κ2) is 9.87. The van der Waals surface area contributed by atoms with E-state index in [1.165, 1.54) is 0 Å². The number of methoxy groups -OCH3 is 1. The third-order valence-corrected chi connectivity index (χ3v) is 5.29. The van der Waals surface area contributed by atoms with E-state index in [0.717, 1.165) is 16.0 Å². The highest BCUT2D eigenvalue weighted by atomic mass is 19.4. The van der Waals surface area contributed by atoms with Crippen molar-refractivity contribution < 1.29 is 27.4 Å². The predicted octanol–water partition coefficient (Wildman–Crippen LogP) is 5.15. The van der Waals surface area contributed by atoms with Crippen LogP contribution >= 0.6 is 0 Å². The van der Waals surface area contributed by atoms with E-state index >= 15 is 0 Å². The van der Waals surface area contributed by atoms with Gasteiger partial charge in [0.15, 0.2) is 11.5 Å². The number of aryl methyl sites for hydroxylation is 1. The Labute approximate surface area is 174 Å². The second-order valence-corrected chi connectivity index (χ2v) is 7.40. The molecule has 0 spiro atoms. The molecule has 1 atom stereocenters. The van der Waals surface area contributed by atoms with Crippen molar-refractivity contribution in [3.8, 4) is 11.5 Å². The van der Waals surface area contributed by atoms with Crippen LogP contribution in [-0.2, 0) is 17.8 Å². The van der Waals surface area contributed by atoms with Crippen molar-refractivity contribution in [1.82, 2.24) is 4.90 Å². The number of benzene rings is 2. The van der Waals surface area contributed by atoms with E-state index in [1.807, 2.05) is 30.3 Å². The first-order valence-electron chi connectivity index (χ1n) is 10.1. The largest absolute Gasteiger partial charge is 0.493 e. The highest BCUT2D eigenvalue weighted by Gasteiger charge is 2.45. The molecule has 4 nitrogen and oxygen atoms in total. The summed E-state index contributed by atoms with van der Waals surface area (Å²) < 4.78 is 51.0. The molecule has 3 rings (SSSR count). The number of nitrogens with zero attached hydrogens (tertiary/aromatic N) is 1. The highest BCUT2D eigenvalue weighted by Crippen LogP contribution is 2.33. The number of carbonyl (C=O) groups is 1. The Morgan fingerprint density at radius 2 is 1.83 bits per heavy atom. The normalized spacial score (nSPS) is 16.9. The molecule has 162 valence electrons. The van der Waals surface area contributed by atoms with Gasteiger partial charge in [0.25, 0.3) is 0 Å². The molecule has 1 aliphatic rings. The number of likely N-dealkylation sites (tertiary alicyclic amines) is 1. The monoisotopic (exact) mass is 421 g/mol. The van der Waals surface area contributed by atoms with Gasteiger partial charge in [0.1, 0.15) is 12.6 Å². The van der Waals surface area contributed by atoms with Crippen LogP contribution in [0, 0.1) is 0 Å². The maximum atomic E-state index is 13.3. The van der Waals surface area contributed by atoms with E-state index in [-0.39, 0.29) is 19.4 Å². The topological polar surface area (TPSA) is 38.8 Å². The van der Waals surface area contributed by atoms with Crippen LogP contribution in [0.1, 0.15) is 36.8 Å². The minimum atomic E-state index is -4.38. The fourth-order valence-corrected chi connectivity index (χ4v) is 3.69. The van der Waals surface area contributed by atoms with E-state index in [0.29, 0.717) is 37.4 Å². The van der Waals surface area contributed by atoms with Crippen molar-refractivity contribution in [1.29, 1.82) is 0 Å². The van der Waals surface area contributed by atoms with Gasteiger partial charge < -0.3 is 14.4 Å². The molecule has 2 aromatic carbocycles. The first-order chi connectivity index (χ1) is 14.4. The lowest BCUT2D eigenvalue weighted by Crippen LogP contribution is -2.51. The van der Waals surface area contributed by atoms with Gasteiger partial charge in [0, 0.05) is 13.0 Å². The van der Waals surface area contributed by atoms with Gasteiger partial charge in [-0.2, -0.15) is 13.2 Å². The van der Waals surface area contributed by atoms with E-state index < -0.39 is 18.1 Å². The van der Waals surface area contributed by atoms with Crippen LogP contribution in [0.25, 0.3) is 0 Å². The second-order valence-electron chi connectivity index (χ2n) is 7.40. The molecular formula is C23H26F3NO3. The molecule has 1 saturated heterocycles. The number of alkyl halides is 3. The minimum absolute atomic E-state index is 0.0186. The molecule has 0 N–H and O–H groups in total. The Morgan fingerprint density at radius 1 is 1.07 bits per heavy atom. The van der Waals surface area contributed by atoms with E-state index in [1.54, 1.807) is 25.3 Å². The van der Waals surface area contributed by atoms with Gasteiger partial charge in [-0.15, -0.1) is 0 Å². The number of hydrogen-bond acceptors (Lipinski definition) is 3. The fourth-order valence-electron chi connectivity index (χ4n) is 3.69. The van der Waals surface area contributed by atoms with Crippen LogP contribution in [-0.4, -0.2) is 36.7 Å². The zero-order valence-corrected chi connectivity index (χ0v) is 17.0. The lowest BCUT2D eigenvalue weighted by Gasteiger charge is -2.36. The number of halogens is 3. The Balaban J connectivity index is 1.64. The maximum Gasteiger partial charge on any atom is 0.408 e. The van der Waals surface area contributed by atoms with E-state index in [9.17, 15) is 18.0 Å². The summed E-state index contributed by atoms with van der Waals surface area (Å²) in [6, 6.07) is 13.3. The molecule has 30 heavy (non-hydrogen) atoms. The minimum Gasteiger partial charge on any atom is -0.493 e. The van der Waals surface area contributed by atoms with Crippen molar-refractivity contribution in [2.45, 2.75) is 50.9 Å². The molecule has 0 bridgehead atoms. The highest BCUT2D eigenvalue weighted by molar-refractivity contribution is 5.77. The number of ether oxygens (including phenoxy) is 2. The van der Waals surface area contributed by atoms with Crippen molar-refractivity contribution >= 4 is 5.91 Å². The average Bonchev–Trinajstić information content (AvgIpc) is 2.76. The summed E-state index contributed by atoms with van der Waals surface area (Å²) in [5, 5.41) is 0. The molecule has 0 aliphatic carbocycles. The molecule has 2 aromatic rings. The molecule has 1 unspecified atom stereocenters. The summed E-state index contributed by atoms with van der Waals surface area (Å²) >= 11 is 0. The number of rotatable bonds is 7. The number of hydrogen-bond donors (Lipinski definition) is 0. The standard InChI is InChI=1S/C23H26F3NO3/c1-29-19-12-10-17(15-20(19)30-16-18-7-3-2-4-8-18)11-13-22(28)27-14-6-5-9-21(27)23(24,25)26/h2-4,7-8,10,12,15,21H,5-6,9,11,13-14,16H2,1H3. The summed E-state index contributed by atoms with van der Waals surface area (Å²) in [4.78, 5) is 13.5. The smallest absolute Gasteiger partial charge is 0.408 e. The molecule has 0 saturated carbocycles. The molecular weight excluding hydrogens is 395 g/mol. The number of carbonyl (C=O) groups excluding carboxylic acids is 1.